The molecule has 1 aromatic rings. The van der Waals surface area contributed by atoms with Gasteiger partial charge in [-0.05, 0) is 33.8 Å². The SMILES string of the molecule is CC(=Cc1ccccc1OCC#N)CNC(C)(C)C. The molecule has 3 nitrogen and oxygen atoms in total. The molecule has 3 heteroatoms. The summed E-state index contributed by atoms with van der Waals surface area (Å²) in [5.74, 6) is 0.749. The molecule has 0 bridgehead atoms. The minimum Gasteiger partial charge on any atom is -0.478 e. The molecule has 19 heavy (non-hydrogen) atoms. The number of benzene rings is 1. The number of hydrogen-bond donors (Lipinski definition) is 1. The molecule has 0 amide bonds. The van der Waals surface area contributed by atoms with Gasteiger partial charge in [-0.15, -0.1) is 0 Å². The van der Waals surface area contributed by atoms with E-state index in [4.69, 9.17) is 10.00 Å². The van der Waals surface area contributed by atoms with E-state index in [-0.39, 0.29) is 12.1 Å². The second-order valence-electron chi connectivity index (χ2n) is 5.58. The molecule has 0 aromatic heterocycles. The van der Waals surface area contributed by atoms with E-state index >= 15 is 0 Å². The lowest BCUT2D eigenvalue weighted by Gasteiger charge is -2.20. The van der Waals surface area contributed by atoms with Crippen LogP contribution in [-0.2, 0) is 0 Å². The highest BCUT2D eigenvalue weighted by molar-refractivity contribution is 5.59. The number of nitrogens with one attached hydrogen (secondary N) is 1. The molecular formula is C16H22N2O. The summed E-state index contributed by atoms with van der Waals surface area (Å²) in [6, 6.07) is 9.74. The number of hydrogen-bond acceptors (Lipinski definition) is 3. The van der Waals surface area contributed by atoms with Crippen LogP contribution in [0, 0.1) is 11.3 Å². The number of nitrogens with zero attached hydrogens (tertiary/aromatic N) is 1. The van der Waals surface area contributed by atoms with Crippen LogP contribution in [0.15, 0.2) is 29.8 Å². The molecule has 0 unspecified atom stereocenters. The van der Waals surface area contributed by atoms with E-state index in [0.29, 0.717) is 0 Å². The molecule has 0 radical (unpaired) electrons. The van der Waals surface area contributed by atoms with Crippen LogP contribution >= 0.6 is 0 Å². The first-order chi connectivity index (χ1) is 8.92. The van der Waals surface area contributed by atoms with Gasteiger partial charge < -0.3 is 10.1 Å². The molecule has 0 aliphatic carbocycles. The first-order valence-electron chi connectivity index (χ1n) is 6.43. The van der Waals surface area contributed by atoms with Gasteiger partial charge in [-0.25, -0.2) is 0 Å². The Hall–Kier alpha value is -1.79. The molecule has 0 fully saturated rings. The summed E-state index contributed by atoms with van der Waals surface area (Å²) in [7, 11) is 0. The van der Waals surface area contributed by atoms with Crippen molar-refractivity contribution in [3.05, 3.63) is 35.4 Å². The maximum Gasteiger partial charge on any atom is 0.174 e. The monoisotopic (exact) mass is 258 g/mol. The minimum atomic E-state index is 0.0736. The first kappa shape index (κ1) is 15.3. The molecule has 0 aliphatic heterocycles. The van der Waals surface area contributed by atoms with Gasteiger partial charge in [0.15, 0.2) is 6.61 Å². The summed E-state index contributed by atoms with van der Waals surface area (Å²) in [6.45, 7) is 9.42. The van der Waals surface area contributed by atoms with Gasteiger partial charge in [0.2, 0.25) is 0 Å². The van der Waals surface area contributed by atoms with Gasteiger partial charge in [0.25, 0.3) is 0 Å². The second kappa shape index (κ2) is 6.96. The predicted molar refractivity (Wildman–Crippen MR) is 79.0 cm³/mol. The molecule has 0 atom stereocenters. The van der Waals surface area contributed by atoms with Gasteiger partial charge in [-0.1, -0.05) is 29.8 Å². The number of rotatable bonds is 5. The minimum absolute atomic E-state index is 0.0736. The van der Waals surface area contributed by atoms with E-state index in [1.807, 2.05) is 30.3 Å². The Morgan fingerprint density at radius 1 is 1.37 bits per heavy atom. The fourth-order valence-electron chi connectivity index (χ4n) is 1.56. The van der Waals surface area contributed by atoms with Gasteiger partial charge >= 0.3 is 0 Å². The van der Waals surface area contributed by atoms with Crippen molar-refractivity contribution in [1.82, 2.24) is 5.32 Å². The topological polar surface area (TPSA) is 45.0 Å². The van der Waals surface area contributed by atoms with Crippen molar-refractivity contribution in [2.45, 2.75) is 33.2 Å². The molecular weight excluding hydrogens is 236 g/mol. The van der Waals surface area contributed by atoms with E-state index in [1.165, 1.54) is 5.57 Å². The van der Waals surface area contributed by atoms with Crippen LogP contribution < -0.4 is 10.1 Å². The Morgan fingerprint density at radius 3 is 2.68 bits per heavy atom. The van der Waals surface area contributed by atoms with Crippen LogP contribution in [0.3, 0.4) is 0 Å². The van der Waals surface area contributed by atoms with Gasteiger partial charge in [-0.3, -0.25) is 0 Å². The van der Waals surface area contributed by atoms with Crippen LogP contribution in [0.5, 0.6) is 5.75 Å². The lowest BCUT2D eigenvalue weighted by atomic mass is 10.1. The average Bonchev–Trinajstić information content (AvgIpc) is 2.34. The van der Waals surface area contributed by atoms with E-state index in [9.17, 15) is 0 Å². The molecule has 1 aromatic carbocycles. The molecule has 1 rings (SSSR count). The Morgan fingerprint density at radius 2 is 2.05 bits per heavy atom. The van der Waals surface area contributed by atoms with Crippen LogP contribution in [0.4, 0.5) is 0 Å². The lowest BCUT2D eigenvalue weighted by Crippen LogP contribution is -2.36. The number of para-hydroxylation sites is 1. The molecule has 1 N–H and O–H groups in total. The van der Waals surface area contributed by atoms with Gasteiger partial charge in [0.1, 0.15) is 11.8 Å². The van der Waals surface area contributed by atoms with Crippen LogP contribution in [0.25, 0.3) is 6.08 Å². The quantitative estimate of drug-likeness (QED) is 0.880. The van der Waals surface area contributed by atoms with Gasteiger partial charge in [0.05, 0.1) is 0 Å². The predicted octanol–water partition coefficient (Wildman–Crippen LogP) is 3.38. The Balaban J connectivity index is 2.77. The smallest absolute Gasteiger partial charge is 0.174 e. The third kappa shape index (κ3) is 6.08. The van der Waals surface area contributed by atoms with Crippen molar-refractivity contribution in [3.8, 4) is 11.8 Å². The van der Waals surface area contributed by atoms with Gasteiger partial charge in [0, 0.05) is 17.6 Å². The fourth-order valence-corrected chi connectivity index (χ4v) is 1.56. The van der Waals surface area contributed by atoms with Crippen molar-refractivity contribution in [1.29, 1.82) is 5.26 Å². The van der Waals surface area contributed by atoms with E-state index in [2.05, 4.69) is 39.1 Å². The summed E-state index contributed by atoms with van der Waals surface area (Å²) in [6.07, 6.45) is 2.09. The third-order valence-corrected chi connectivity index (χ3v) is 2.51. The van der Waals surface area contributed by atoms with Crippen molar-refractivity contribution in [2.75, 3.05) is 13.2 Å². The molecule has 102 valence electrons. The Labute approximate surface area is 115 Å². The summed E-state index contributed by atoms with van der Waals surface area (Å²) in [5.41, 5.74) is 2.33. The number of ether oxygens (including phenoxy) is 1. The third-order valence-electron chi connectivity index (χ3n) is 2.51. The molecule has 0 saturated carbocycles. The van der Waals surface area contributed by atoms with Crippen molar-refractivity contribution >= 4 is 6.08 Å². The van der Waals surface area contributed by atoms with Crippen LogP contribution in [0.1, 0.15) is 33.3 Å². The number of nitriles is 1. The Kier molecular flexibility index (Phi) is 5.59. The highest BCUT2D eigenvalue weighted by Crippen LogP contribution is 2.20. The van der Waals surface area contributed by atoms with Gasteiger partial charge in [-0.2, -0.15) is 5.26 Å². The molecule has 0 heterocycles. The largest absolute Gasteiger partial charge is 0.478 e. The molecule has 0 saturated heterocycles. The van der Waals surface area contributed by atoms with Crippen LogP contribution in [-0.4, -0.2) is 18.7 Å². The normalized spacial score (nSPS) is 12.1. The summed E-state index contributed by atoms with van der Waals surface area (Å²) < 4.78 is 5.41. The fraction of sp³-hybridized carbons (Fsp3) is 0.438. The van der Waals surface area contributed by atoms with E-state index in [1.54, 1.807) is 0 Å². The van der Waals surface area contributed by atoms with Crippen molar-refractivity contribution in [2.24, 2.45) is 0 Å². The molecule has 0 aliphatic rings. The summed E-state index contributed by atoms with van der Waals surface area (Å²) in [4.78, 5) is 0. The zero-order chi connectivity index (χ0) is 14.3. The highest BCUT2D eigenvalue weighted by Gasteiger charge is 2.08. The van der Waals surface area contributed by atoms with Crippen LogP contribution in [0.2, 0.25) is 0 Å². The Bertz CT molecular complexity index is 478. The van der Waals surface area contributed by atoms with Crippen molar-refractivity contribution < 1.29 is 4.74 Å². The van der Waals surface area contributed by atoms with E-state index in [0.717, 1.165) is 17.9 Å². The second-order valence-corrected chi connectivity index (χ2v) is 5.58. The lowest BCUT2D eigenvalue weighted by molar-refractivity contribution is 0.367. The maximum atomic E-state index is 8.57. The van der Waals surface area contributed by atoms with Crippen molar-refractivity contribution in [3.63, 3.8) is 0 Å². The highest BCUT2D eigenvalue weighted by atomic mass is 16.5. The molecule has 0 spiro atoms. The summed E-state index contributed by atoms with van der Waals surface area (Å²) >= 11 is 0. The standard InChI is InChI=1S/C16H22N2O/c1-13(12-18-16(2,3)4)11-14-7-5-6-8-15(14)19-10-9-17/h5-8,11,18H,10,12H2,1-4H3. The maximum absolute atomic E-state index is 8.57. The summed E-state index contributed by atoms with van der Waals surface area (Å²) in [5, 5.41) is 12.0. The zero-order valence-electron chi connectivity index (χ0n) is 12.2. The zero-order valence-corrected chi connectivity index (χ0v) is 12.2. The average molecular weight is 258 g/mol. The van der Waals surface area contributed by atoms with E-state index < -0.39 is 0 Å². The first-order valence-corrected chi connectivity index (χ1v) is 6.43.